The molecule has 6 heteroatoms. The van der Waals surface area contributed by atoms with E-state index in [9.17, 15) is 18.0 Å². The SMILES string of the molecule is C[C@@H](C(=O)OC(C)(C)C)[C@H](Nc1ccc(-c2ccccc2)cc1)c1ccc(C(F)(F)F)cc1. The molecule has 0 unspecified atom stereocenters. The number of nitrogens with one attached hydrogen (secondary N) is 1. The Hall–Kier alpha value is -3.28. The van der Waals surface area contributed by atoms with E-state index in [0.29, 0.717) is 5.56 Å². The van der Waals surface area contributed by atoms with Crippen LogP contribution in [0.2, 0.25) is 0 Å². The first kappa shape index (κ1) is 24.4. The maximum absolute atomic E-state index is 13.0. The van der Waals surface area contributed by atoms with Gasteiger partial charge in [0.2, 0.25) is 0 Å². The lowest BCUT2D eigenvalue weighted by Crippen LogP contribution is -2.32. The van der Waals surface area contributed by atoms with Crippen molar-refractivity contribution < 1.29 is 22.7 Å². The normalized spacial score (nSPS) is 13.8. The lowest BCUT2D eigenvalue weighted by atomic mass is 9.93. The monoisotopic (exact) mass is 455 g/mol. The zero-order valence-corrected chi connectivity index (χ0v) is 19.1. The molecule has 0 aliphatic carbocycles. The van der Waals surface area contributed by atoms with E-state index in [1.807, 2.05) is 54.6 Å². The predicted octanol–water partition coefficient (Wildman–Crippen LogP) is 7.50. The van der Waals surface area contributed by atoms with Crippen molar-refractivity contribution in [3.8, 4) is 11.1 Å². The molecule has 0 heterocycles. The molecule has 0 amide bonds. The van der Waals surface area contributed by atoms with Crippen LogP contribution in [0.3, 0.4) is 0 Å². The number of carbonyl (C=O) groups is 1. The molecular weight excluding hydrogens is 427 g/mol. The first-order valence-electron chi connectivity index (χ1n) is 10.8. The molecule has 3 nitrogen and oxygen atoms in total. The van der Waals surface area contributed by atoms with Gasteiger partial charge in [-0.05, 0) is 68.7 Å². The topological polar surface area (TPSA) is 38.3 Å². The number of alkyl halides is 3. The van der Waals surface area contributed by atoms with E-state index < -0.39 is 35.3 Å². The van der Waals surface area contributed by atoms with Gasteiger partial charge in [0, 0.05) is 5.69 Å². The zero-order chi connectivity index (χ0) is 24.2. The van der Waals surface area contributed by atoms with E-state index in [1.165, 1.54) is 12.1 Å². The second kappa shape index (κ2) is 9.69. The van der Waals surface area contributed by atoms with Gasteiger partial charge >= 0.3 is 12.1 Å². The van der Waals surface area contributed by atoms with Crippen molar-refractivity contribution >= 4 is 11.7 Å². The molecule has 1 N–H and O–H groups in total. The molecule has 0 aliphatic heterocycles. The Morgan fingerprint density at radius 1 is 0.818 bits per heavy atom. The molecule has 3 aromatic carbocycles. The summed E-state index contributed by atoms with van der Waals surface area (Å²) in [7, 11) is 0. The minimum absolute atomic E-state index is 0.430. The Morgan fingerprint density at radius 3 is 1.88 bits per heavy atom. The average molecular weight is 456 g/mol. The molecule has 33 heavy (non-hydrogen) atoms. The molecule has 0 saturated carbocycles. The first-order valence-corrected chi connectivity index (χ1v) is 10.8. The molecule has 0 aromatic heterocycles. The highest BCUT2D eigenvalue weighted by molar-refractivity contribution is 5.75. The maximum atomic E-state index is 13.0. The van der Waals surface area contributed by atoms with Gasteiger partial charge in [-0.25, -0.2) is 0 Å². The minimum atomic E-state index is -4.43. The lowest BCUT2D eigenvalue weighted by molar-refractivity contribution is -0.160. The van der Waals surface area contributed by atoms with Crippen molar-refractivity contribution in [3.63, 3.8) is 0 Å². The van der Waals surface area contributed by atoms with Crippen molar-refractivity contribution in [2.24, 2.45) is 5.92 Å². The minimum Gasteiger partial charge on any atom is -0.460 e. The number of halogens is 3. The fraction of sp³-hybridized carbons (Fsp3) is 0.296. The van der Waals surface area contributed by atoms with Crippen LogP contribution < -0.4 is 5.32 Å². The Kier molecular flexibility index (Phi) is 7.15. The van der Waals surface area contributed by atoms with Gasteiger partial charge in [-0.1, -0.05) is 54.6 Å². The summed E-state index contributed by atoms with van der Waals surface area (Å²) in [6, 6.07) is 21.9. The van der Waals surface area contributed by atoms with E-state index >= 15 is 0 Å². The Labute approximate surface area is 192 Å². The van der Waals surface area contributed by atoms with Gasteiger partial charge in [0.15, 0.2) is 0 Å². The Balaban J connectivity index is 1.89. The fourth-order valence-corrected chi connectivity index (χ4v) is 3.48. The summed E-state index contributed by atoms with van der Waals surface area (Å²) >= 11 is 0. The van der Waals surface area contributed by atoms with Crippen LogP contribution in [0, 0.1) is 5.92 Å². The summed E-state index contributed by atoms with van der Waals surface area (Å²) in [5.74, 6) is -1.07. The molecule has 2 atom stereocenters. The van der Waals surface area contributed by atoms with Gasteiger partial charge in [0.1, 0.15) is 5.60 Å². The summed E-state index contributed by atoms with van der Waals surface area (Å²) < 4.78 is 44.6. The van der Waals surface area contributed by atoms with Gasteiger partial charge in [-0.2, -0.15) is 13.2 Å². The Morgan fingerprint density at radius 2 is 1.36 bits per heavy atom. The second-order valence-electron chi connectivity index (χ2n) is 9.01. The summed E-state index contributed by atoms with van der Waals surface area (Å²) in [5.41, 5.74) is 2.01. The van der Waals surface area contributed by atoms with Gasteiger partial charge in [-0.3, -0.25) is 4.79 Å². The third-order valence-corrected chi connectivity index (χ3v) is 5.19. The van der Waals surface area contributed by atoms with Crippen LogP contribution in [0.1, 0.15) is 44.9 Å². The number of hydrogen-bond donors (Lipinski definition) is 1. The van der Waals surface area contributed by atoms with Crippen LogP contribution in [-0.4, -0.2) is 11.6 Å². The number of esters is 1. The first-order chi connectivity index (χ1) is 15.4. The second-order valence-corrected chi connectivity index (χ2v) is 9.01. The average Bonchev–Trinajstić information content (AvgIpc) is 2.76. The highest BCUT2D eigenvalue weighted by atomic mass is 19.4. The van der Waals surface area contributed by atoms with Crippen molar-refractivity contribution in [3.05, 3.63) is 90.0 Å². The Bertz CT molecular complexity index is 1050. The van der Waals surface area contributed by atoms with E-state index in [4.69, 9.17) is 4.74 Å². The number of anilines is 1. The zero-order valence-electron chi connectivity index (χ0n) is 19.1. The number of rotatable bonds is 6. The molecule has 0 spiro atoms. The maximum Gasteiger partial charge on any atom is 0.416 e. The number of benzene rings is 3. The summed E-state index contributed by atoms with van der Waals surface area (Å²) in [4.78, 5) is 12.8. The molecular formula is C27H28F3NO2. The van der Waals surface area contributed by atoms with Crippen LogP contribution in [0.15, 0.2) is 78.9 Å². The number of ether oxygens (including phenoxy) is 1. The summed E-state index contributed by atoms with van der Waals surface area (Å²) in [6.07, 6.45) is -4.43. The number of hydrogen-bond acceptors (Lipinski definition) is 3. The van der Waals surface area contributed by atoms with Crippen molar-refractivity contribution in [2.75, 3.05) is 5.32 Å². The smallest absolute Gasteiger partial charge is 0.416 e. The van der Waals surface area contributed by atoms with Gasteiger partial charge in [0.25, 0.3) is 0 Å². The molecule has 3 rings (SSSR count). The molecule has 0 radical (unpaired) electrons. The highest BCUT2D eigenvalue weighted by Crippen LogP contribution is 2.33. The number of carbonyl (C=O) groups excluding carboxylic acids is 1. The molecule has 0 aliphatic rings. The van der Waals surface area contributed by atoms with Crippen LogP contribution in [0.25, 0.3) is 11.1 Å². The lowest BCUT2D eigenvalue weighted by Gasteiger charge is -2.29. The van der Waals surface area contributed by atoms with Gasteiger partial charge in [-0.15, -0.1) is 0 Å². The standard InChI is InChI=1S/C27H28F3NO2/c1-18(25(32)33-26(2,3)4)24(21-10-14-22(15-11-21)27(28,29)30)31-23-16-12-20(13-17-23)19-8-6-5-7-9-19/h5-18,24,31H,1-4H3/t18-,24+/m1/s1. The van der Waals surface area contributed by atoms with Crippen molar-refractivity contribution in [1.82, 2.24) is 0 Å². The van der Waals surface area contributed by atoms with E-state index in [1.54, 1.807) is 27.7 Å². The quantitative estimate of drug-likeness (QED) is 0.391. The largest absolute Gasteiger partial charge is 0.460 e. The third-order valence-electron chi connectivity index (χ3n) is 5.19. The van der Waals surface area contributed by atoms with E-state index in [2.05, 4.69) is 5.32 Å². The molecule has 3 aromatic rings. The molecule has 0 bridgehead atoms. The predicted molar refractivity (Wildman–Crippen MR) is 125 cm³/mol. The third kappa shape index (κ3) is 6.60. The fourth-order valence-electron chi connectivity index (χ4n) is 3.48. The van der Waals surface area contributed by atoms with Crippen molar-refractivity contribution in [1.29, 1.82) is 0 Å². The van der Waals surface area contributed by atoms with E-state index in [-0.39, 0.29) is 0 Å². The molecule has 174 valence electrons. The van der Waals surface area contributed by atoms with Crippen LogP contribution in [-0.2, 0) is 15.7 Å². The summed E-state index contributed by atoms with van der Waals surface area (Å²) in [5, 5.41) is 3.32. The van der Waals surface area contributed by atoms with Crippen LogP contribution in [0.5, 0.6) is 0 Å². The summed E-state index contributed by atoms with van der Waals surface area (Å²) in [6.45, 7) is 7.04. The highest BCUT2D eigenvalue weighted by Gasteiger charge is 2.33. The van der Waals surface area contributed by atoms with Gasteiger partial charge < -0.3 is 10.1 Å². The van der Waals surface area contributed by atoms with Crippen molar-refractivity contribution in [2.45, 2.75) is 45.5 Å². The molecule has 0 saturated heterocycles. The van der Waals surface area contributed by atoms with Crippen LogP contribution >= 0.6 is 0 Å². The van der Waals surface area contributed by atoms with Gasteiger partial charge in [0.05, 0.1) is 17.5 Å². The van der Waals surface area contributed by atoms with Crippen LogP contribution in [0.4, 0.5) is 18.9 Å². The molecule has 0 fully saturated rings. The van der Waals surface area contributed by atoms with E-state index in [0.717, 1.165) is 28.9 Å².